The third-order valence-corrected chi connectivity index (χ3v) is 3.84. The second-order valence-corrected chi connectivity index (χ2v) is 5.52. The van der Waals surface area contributed by atoms with E-state index in [0.29, 0.717) is 12.2 Å². The van der Waals surface area contributed by atoms with Gasteiger partial charge in [-0.1, -0.05) is 65.9 Å². The standard InChI is InChI=1S/C19H15N5O/c25-19-17-18(24(22-21-17)16-11-5-2-6-12-16)20-14-23(19)13-7-10-15-8-3-1-4-9-15/h1-12,14H,13H2. The molecule has 0 aliphatic carbocycles. The van der Waals surface area contributed by atoms with Gasteiger partial charge in [0.1, 0.15) is 6.33 Å². The number of fused-ring (bicyclic) bond motifs is 1. The Bertz CT molecular complexity index is 1080. The number of allylic oxidation sites excluding steroid dienone is 1. The van der Waals surface area contributed by atoms with Crippen molar-refractivity contribution in [3.05, 3.63) is 89.0 Å². The highest BCUT2D eigenvalue weighted by Gasteiger charge is 2.12. The van der Waals surface area contributed by atoms with Gasteiger partial charge in [0.15, 0.2) is 11.2 Å². The minimum absolute atomic E-state index is 0.204. The Balaban J connectivity index is 1.65. The molecule has 6 nitrogen and oxygen atoms in total. The summed E-state index contributed by atoms with van der Waals surface area (Å²) in [5.41, 5.74) is 2.42. The molecule has 0 radical (unpaired) electrons. The predicted octanol–water partition coefficient (Wildman–Crippen LogP) is 2.69. The molecule has 0 N–H and O–H groups in total. The quantitative estimate of drug-likeness (QED) is 0.577. The monoisotopic (exact) mass is 329 g/mol. The maximum Gasteiger partial charge on any atom is 0.283 e. The maximum atomic E-state index is 12.6. The molecule has 0 spiro atoms. The van der Waals surface area contributed by atoms with E-state index in [4.69, 9.17) is 0 Å². The highest BCUT2D eigenvalue weighted by Crippen LogP contribution is 2.11. The average molecular weight is 329 g/mol. The summed E-state index contributed by atoms with van der Waals surface area (Å²) in [6.45, 7) is 0.425. The van der Waals surface area contributed by atoms with Crippen molar-refractivity contribution in [1.29, 1.82) is 0 Å². The van der Waals surface area contributed by atoms with E-state index in [9.17, 15) is 4.79 Å². The van der Waals surface area contributed by atoms with Gasteiger partial charge in [-0.2, -0.15) is 4.68 Å². The Morgan fingerprint density at radius 2 is 1.68 bits per heavy atom. The van der Waals surface area contributed by atoms with Gasteiger partial charge in [0.25, 0.3) is 5.56 Å². The second kappa shape index (κ2) is 6.52. The summed E-state index contributed by atoms with van der Waals surface area (Å²) in [7, 11) is 0. The molecule has 4 rings (SSSR count). The van der Waals surface area contributed by atoms with E-state index in [1.807, 2.05) is 72.8 Å². The van der Waals surface area contributed by atoms with E-state index in [2.05, 4.69) is 15.3 Å². The smallest absolute Gasteiger partial charge is 0.283 e. The van der Waals surface area contributed by atoms with Crippen LogP contribution in [0.1, 0.15) is 5.56 Å². The number of rotatable bonds is 4. The fourth-order valence-corrected chi connectivity index (χ4v) is 2.58. The van der Waals surface area contributed by atoms with Gasteiger partial charge in [-0.05, 0) is 17.7 Å². The molecule has 0 fully saturated rings. The molecule has 0 saturated heterocycles. The molecule has 0 amide bonds. The van der Waals surface area contributed by atoms with Crippen molar-refractivity contribution >= 4 is 17.2 Å². The van der Waals surface area contributed by atoms with Crippen molar-refractivity contribution in [3.63, 3.8) is 0 Å². The zero-order chi connectivity index (χ0) is 17.1. The molecular weight excluding hydrogens is 314 g/mol. The largest absolute Gasteiger partial charge is 0.293 e. The number of aromatic nitrogens is 5. The van der Waals surface area contributed by atoms with Crippen molar-refractivity contribution in [2.75, 3.05) is 0 Å². The van der Waals surface area contributed by atoms with Crippen LogP contribution in [0.2, 0.25) is 0 Å². The molecule has 0 atom stereocenters. The Morgan fingerprint density at radius 1 is 0.960 bits per heavy atom. The summed E-state index contributed by atoms with van der Waals surface area (Å²) in [5.74, 6) is 0. The molecule has 2 aromatic carbocycles. The first-order valence-electron chi connectivity index (χ1n) is 7.91. The lowest BCUT2D eigenvalue weighted by Gasteiger charge is -2.03. The average Bonchev–Trinajstić information content (AvgIpc) is 3.10. The number of hydrogen-bond acceptors (Lipinski definition) is 4. The number of hydrogen-bond donors (Lipinski definition) is 0. The van der Waals surface area contributed by atoms with Crippen molar-refractivity contribution in [2.45, 2.75) is 6.54 Å². The summed E-state index contributed by atoms with van der Waals surface area (Å²) < 4.78 is 3.09. The van der Waals surface area contributed by atoms with Crippen LogP contribution in [0.4, 0.5) is 0 Å². The minimum Gasteiger partial charge on any atom is -0.293 e. The Morgan fingerprint density at radius 3 is 2.44 bits per heavy atom. The Labute approximate surface area is 143 Å². The van der Waals surface area contributed by atoms with Crippen LogP contribution in [0, 0.1) is 0 Å². The molecule has 0 bridgehead atoms. The van der Waals surface area contributed by atoms with Gasteiger partial charge in [0, 0.05) is 6.54 Å². The zero-order valence-corrected chi connectivity index (χ0v) is 13.4. The molecule has 0 aliphatic rings. The molecule has 2 heterocycles. The summed E-state index contributed by atoms with van der Waals surface area (Å²) in [4.78, 5) is 17.0. The van der Waals surface area contributed by atoms with Crippen LogP contribution in [0.3, 0.4) is 0 Å². The van der Waals surface area contributed by atoms with Crippen LogP contribution in [0.15, 0.2) is 77.9 Å². The minimum atomic E-state index is -0.204. The van der Waals surface area contributed by atoms with Gasteiger partial charge in [-0.15, -0.1) is 5.10 Å². The lowest BCUT2D eigenvalue weighted by molar-refractivity contribution is 0.765. The first-order valence-corrected chi connectivity index (χ1v) is 7.91. The van der Waals surface area contributed by atoms with E-state index in [-0.39, 0.29) is 11.1 Å². The van der Waals surface area contributed by atoms with Crippen molar-refractivity contribution < 1.29 is 0 Å². The van der Waals surface area contributed by atoms with E-state index in [1.54, 1.807) is 4.68 Å². The zero-order valence-electron chi connectivity index (χ0n) is 13.4. The maximum absolute atomic E-state index is 12.6. The number of benzene rings is 2. The lowest BCUT2D eigenvalue weighted by Crippen LogP contribution is -2.20. The Kier molecular flexibility index (Phi) is 3.92. The molecule has 0 aliphatic heterocycles. The lowest BCUT2D eigenvalue weighted by atomic mass is 10.2. The van der Waals surface area contributed by atoms with Crippen molar-refractivity contribution in [3.8, 4) is 5.69 Å². The molecule has 25 heavy (non-hydrogen) atoms. The van der Waals surface area contributed by atoms with Gasteiger partial charge >= 0.3 is 0 Å². The predicted molar refractivity (Wildman–Crippen MR) is 96.4 cm³/mol. The highest BCUT2D eigenvalue weighted by atomic mass is 16.1. The number of para-hydroxylation sites is 1. The molecule has 4 aromatic rings. The molecule has 122 valence electrons. The second-order valence-electron chi connectivity index (χ2n) is 5.52. The van der Waals surface area contributed by atoms with Crippen molar-refractivity contribution in [1.82, 2.24) is 24.5 Å². The van der Waals surface area contributed by atoms with Gasteiger partial charge in [-0.3, -0.25) is 9.36 Å². The van der Waals surface area contributed by atoms with E-state index in [1.165, 1.54) is 10.9 Å². The Hall–Kier alpha value is -3.54. The molecule has 0 saturated carbocycles. The molecule has 0 unspecified atom stereocenters. The topological polar surface area (TPSA) is 65.6 Å². The SMILES string of the molecule is O=c1c2nnn(-c3ccccc3)c2ncn1CC=Cc1ccccc1. The van der Waals surface area contributed by atoms with Crippen LogP contribution in [-0.2, 0) is 6.54 Å². The van der Waals surface area contributed by atoms with Crippen LogP contribution >= 0.6 is 0 Å². The van der Waals surface area contributed by atoms with E-state index < -0.39 is 0 Å². The van der Waals surface area contributed by atoms with Gasteiger partial charge in [0.2, 0.25) is 0 Å². The van der Waals surface area contributed by atoms with Crippen molar-refractivity contribution in [2.24, 2.45) is 0 Å². The first-order chi connectivity index (χ1) is 12.3. The van der Waals surface area contributed by atoms with E-state index in [0.717, 1.165) is 11.3 Å². The molecular formula is C19H15N5O. The van der Waals surface area contributed by atoms with Gasteiger partial charge < -0.3 is 0 Å². The molecule has 2 aromatic heterocycles. The van der Waals surface area contributed by atoms with Gasteiger partial charge in [-0.25, -0.2) is 4.98 Å². The third kappa shape index (κ3) is 2.97. The first kappa shape index (κ1) is 15.0. The molecule has 6 heteroatoms. The van der Waals surface area contributed by atoms with Crippen LogP contribution in [0.25, 0.3) is 22.9 Å². The summed E-state index contributed by atoms with van der Waals surface area (Å²) in [6.07, 6.45) is 5.42. The summed E-state index contributed by atoms with van der Waals surface area (Å²) in [6, 6.07) is 19.4. The summed E-state index contributed by atoms with van der Waals surface area (Å²) >= 11 is 0. The van der Waals surface area contributed by atoms with Gasteiger partial charge in [0.05, 0.1) is 5.69 Å². The van der Waals surface area contributed by atoms with Crippen LogP contribution < -0.4 is 5.56 Å². The fourth-order valence-electron chi connectivity index (χ4n) is 2.58. The van der Waals surface area contributed by atoms with E-state index >= 15 is 0 Å². The number of nitrogens with zero attached hydrogens (tertiary/aromatic N) is 5. The fraction of sp³-hybridized carbons (Fsp3) is 0.0526. The summed E-state index contributed by atoms with van der Waals surface area (Å²) in [5, 5.41) is 8.08. The highest BCUT2D eigenvalue weighted by molar-refractivity contribution is 5.70. The van der Waals surface area contributed by atoms with Crippen LogP contribution in [0.5, 0.6) is 0 Å². The van der Waals surface area contributed by atoms with Crippen LogP contribution in [-0.4, -0.2) is 24.5 Å². The third-order valence-electron chi connectivity index (χ3n) is 3.84. The normalized spacial score (nSPS) is 11.4.